The number of carbonyl (C=O) groups excluding carboxylic acids is 2. The maximum atomic E-state index is 12.9. The van der Waals surface area contributed by atoms with E-state index in [9.17, 15) is 9.59 Å². The van der Waals surface area contributed by atoms with Gasteiger partial charge in [0.05, 0.1) is 17.1 Å². The number of halogens is 1. The number of nitrogens with zero attached hydrogens (tertiary/aromatic N) is 2. The van der Waals surface area contributed by atoms with Crippen LogP contribution in [0.2, 0.25) is 5.02 Å². The number of benzene rings is 3. The average molecular weight is 475 g/mol. The van der Waals surface area contributed by atoms with Crippen LogP contribution in [0.25, 0.3) is 11.0 Å². The van der Waals surface area contributed by atoms with Crippen molar-refractivity contribution >= 4 is 34.4 Å². The second kappa shape index (κ2) is 11.0. The Morgan fingerprint density at radius 3 is 2.44 bits per heavy atom. The fraction of sp³-hybridized carbons (Fsp3) is 0.222. The lowest BCUT2D eigenvalue weighted by atomic mass is 10.1. The van der Waals surface area contributed by atoms with Gasteiger partial charge < -0.3 is 15.2 Å². The number of amides is 2. The predicted molar refractivity (Wildman–Crippen MR) is 135 cm³/mol. The fourth-order valence-corrected chi connectivity index (χ4v) is 4.03. The highest BCUT2D eigenvalue weighted by Gasteiger charge is 2.15. The molecule has 0 aliphatic carbocycles. The van der Waals surface area contributed by atoms with Crippen LogP contribution in [-0.2, 0) is 17.8 Å². The number of para-hydroxylation sites is 2. The van der Waals surface area contributed by atoms with Crippen LogP contribution in [0.15, 0.2) is 78.9 Å². The number of rotatable bonds is 9. The summed E-state index contributed by atoms with van der Waals surface area (Å²) in [5.74, 6) is 0.612. The molecule has 0 saturated carbocycles. The number of hydrogen-bond acceptors (Lipinski definition) is 3. The van der Waals surface area contributed by atoms with E-state index in [1.54, 1.807) is 24.3 Å². The van der Waals surface area contributed by atoms with Gasteiger partial charge in [-0.1, -0.05) is 54.1 Å². The van der Waals surface area contributed by atoms with Gasteiger partial charge in [0.2, 0.25) is 5.91 Å². The third kappa shape index (κ3) is 5.83. The summed E-state index contributed by atoms with van der Waals surface area (Å²) < 4.78 is 1.96. The molecule has 1 atom stereocenters. The van der Waals surface area contributed by atoms with Gasteiger partial charge in [0.25, 0.3) is 5.91 Å². The summed E-state index contributed by atoms with van der Waals surface area (Å²) in [5.41, 5.74) is 3.40. The zero-order valence-electron chi connectivity index (χ0n) is 19.0. The van der Waals surface area contributed by atoms with Crippen molar-refractivity contribution in [2.24, 2.45) is 0 Å². The van der Waals surface area contributed by atoms with E-state index in [1.165, 1.54) is 0 Å². The van der Waals surface area contributed by atoms with Gasteiger partial charge >= 0.3 is 0 Å². The van der Waals surface area contributed by atoms with E-state index in [2.05, 4.69) is 10.6 Å². The van der Waals surface area contributed by atoms with Crippen LogP contribution in [0.4, 0.5) is 0 Å². The molecule has 0 fully saturated rings. The number of hydrogen-bond donors (Lipinski definition) is 2. The molecule has 4 aromatic rings. The van der Waals surface area contributed by atoms with Gasteiger partial charge in [-0.3, -0.25) is 9.59 Å². The maximum Gasteiger partial charge on any atom is 0.251 e. The van der Waals surface area contributed by atoms with Crippen LogP contribution in [0.1, 0.15) is 41.1 Å². The third-order valence-corrected chi connectivity index (χ3v) is 5.93. The van der Waals surface area contributed by atoms with Crippen molar-refractivity contribution in [3.63, 3.8) is 0 Å². The fourth-order valence-electron chi connectivity index (χ4n) is 3.90. The number of aromatic nitrogens is 2. The van der Waals surface area contributed by atoms with E-state index in [4.69, 9.17) is 16.6 Å². The SMILES string of the molecule is CC(NC(=O)Cn1c(CCCNC(=O)c2ccc(Cl)cc2)nc2ccccc21)c1ccccc1. The number of fused-ring (bicyclic) bond motifs is 1. The third-order valence-electron chi connectivity index (χ3n) is 5.68. The molecule has 0 spiro atoms. The molecule has 1 heterocycles. The van der Waals surface area contributed by atoms with E-state index in [-0.39, 0.29) is 24.4 Å². The van der Waals surface area contributed by atoms with E-state index < -0.39 is 0 Å². The van der Waals surface area contributed by atoms with Gasteiger partial charge in [0, 0.05) is 23.6 Å². The highest BCUT2D eigenvalue weighted by Crippen LogP contribution is 2.18. The molecular formula is C27H27ClN4O2. The van der Waals surface area contributed by atoms with Crippen LogP contribution in [0.5, 0.6) is 0 Å². The number of carbonyl (C=O) groups is 2. The largest absolute Gasteiger partial charge is 0.352 e. The van der Waals surface area contributed by atoms with Crippen LogP contribution < -0.4 is 10.6 Å². The highest BCUT2D eigenvalue weighted by atomic mass is 35.5. The predicted octanol–water partition coefficient (Wildman–Crippen LogP) is 4.93. The van der Waals surface area contributed by atoms with Crippen LogP contribution in [0, 0.1) is 0 Å². The van der Waals surface area contributed by atoms with Crippen molar-refractivity contribution in [3.8, 4) is 0 Å². The van der Waals surface area contributed by atoms with Crippen molar-refractivity contribution in [1.82, 2.24) is 20.2 Å². The Bertz CT molecular complexity index is 1270. The van der Waals surface area contributed by atoms with Crippen LogP contribution in [-0.4, -0.2) is 27.9 Å². The molecule has 3 aromatic carbocycles. The lowest BCUT2D eigenvalue weighted by molar-refractivity contribution is -0.122. The average Bonchev–Trinajstić information content (AvgIpc) is 3.19. The Morgan fingerprint density at radius 2 is 1.68 bits per heavy atom. The van der Waals surface area contributed by atoms with Gasteiger partial charge in [-0.15, -0.1) is 0 Å². The Labute approximate surface area is 204 Å². The first-order valence-corrected chi connectivity index (χ1v) is 11.7. The highest BCUT2D eigenvalue weighted by molar-refractivity contribution is 6.30. The van der Waals surface area contributed by atoms with E-state index in [1.807, 2.05) is 66.1 Å². The van der Waals surface area contributed by atoms with E-state index >= 15 is 0 Å². The minimum absolute atomic E-state index is 0.0724. The minimum atomic E-state index is -0.139. The molecule has 1 aromatic heterocycles. The van der Waals surface area contributed by atoms with Gasteiger partial charge in [-0.2, -0.15) is 0 Å². The molecule has 0 bridgehead atoms. The normalized spacial score (nSPS) is 11.8. The summed E-state index contributed by atoms with van der Waals surface area (Å²) in [4.78, 5) is 29.9. The van der Waals surface area contributed by atoms with Gasteiger partial charge in [0.1, 0.15) is 12.4 Å². The van der Waals surface area contributed by atoms with E-state index in [0.29, 0.717) is 30.0 Å². The number of nitrogens with one attached hydrogen (secondary N) is 2. The Morgan fingerprint density at radius 1 is 0.971 bits per heavy atom. The van der Waals surface area contributed by atoms with Crippen molar-refractivity contribution in [2.75, 3.05) is 6.54 Å². The number of imidazole rings is 1. The van der Waals surface area contributed by atoms with Crippen LogP contribution >= 0.6 is 11.6 Å². The standard InChI is InChI=1S/C27H27ClN4O2/c1-19(20-8-3-2-4-9-20)30-26(33)18-32-24-11-6-5-10-23(24)31-25(32)12-7-17-29-27(34)21-13-15-22(28)16-14-21/h2-6,8-11,13-16,19H,7,12,17-18H2,1H3,(H,29,34)(H,30,33). The monoisotopic (exact) mass is 474 g/mol. The zero-order valence-corrected chi connectivity index (χ0v) is 19.8. The molecule has 2 N–H and O–H groups in total. The zero-order chi connectivity index (χ0) is 23.9. The lowest BCUT2D eigenvalue weighted by Crippen LogP contribution is -2.30. The second-order valence-corrected chi connectivity index (χ2v) is 8.61. The Balaban J connectivity index is 1.39. The maximum absolute atomic E-state index is 12.9. The summed E-state index contributed by atoms with van der Waals surface area (Å²) in [6.45, 7) is 2.66. The number of aryl methyl sites for hydroxylation is 1. The molecule has 4 rings (SSSR count). The van der Waals surface area contributed by atoms with E-state index in [0.717, 1.165) is 22.4 Å². The molecular weight excluding hydrogens is 448 g/mol. The molecule has 174 valence electrons. The van der Waals surface area contributed by atoms with Crippen molar-refractivity contribution in [2.45, 2.75) is 32.4 Å². The van der Waals surface area contributed by atoms with Crippen molar-refractivity contribution in [1.29, 1.82) is 0 Å². The summed E-state index contributed by atoms with van der Waals surface area (Å²) >= 11 is 5.88. The molecule has 0 aliphatic rings. The molecule has 7 heteroatoms. The Kier molecular flexibility index (Phi) is 7.60. The Hall–Kier alpha value is -3.64. The molecule has 34 heavy (non-hydrogen) atoms. The van der Waals surface area contributed by atoms with Crippen LogP contribution in [0.3, 0.4) is 0 Å². The first-order valence-electron chi connectivity index (χ1n) is 11.3. The molecule has 0 aliphatic heterocycles. The first-order chi connectivity index (χ1) is 16.5. The molecule has 0 saturated heterocycles. The summed E-state index contributed by atoms with van der Waals surface area (Å²) in [6.07, 6.45) is 1.34. The van der Waals surface area contributed by atoms with Gasteiger partial charge in [0.15, 0.2) is 0 Å². The van der Waals surface area contributed by atoms with Crippen molar-refractivity contribution < 1.29 is 9.59 Å². The molecule has 0 radical (unpaired) electrons. The topological polar surface area (TPSA) is 76.0 Å². The molecule has 6 nitrogen and oxygen atoms in total. The smallest absolute Gasteiger partial charge is 0.251 e. The summed E-state index contributed by atoms with van der Waals surface area (Å²) in [7, 11) is 0. The van der Waals surface area contributed by atoms with Gasteiger partial charge in [-0.05, 0) is 55.3 Å². The first kappa shape index (κ1) is 23.5. The quantitative estimate of drug-likeness (QED) is 0.338. The van der Waals surface area contributed by atoms with Crippen molar-refractivity contribution in [3.05, 3.63) is 101 Å². The minimum Gasteiger partial charge on any atom is -0.352 e. The second-order valence-electron chi connectivity index (χ2n) is 8.17. The van der Waals surface area contributed by atoms with Gasteiger partial charge in [-0.25, -0.2) is 4.98 Å². The molecule has 2 amide bonds. The lowest BCUT2D eigenvalue weighted by Gasteiger charge is -2.16. The summed E-state index contributed by atoms with van der Waals surface area (Å²) in [6, 6.07) is 24.4. The molecule has 1 unspecified atom stereocenters. The summed E-state index contributed by atoms with van der Waals surface area (Å²) in [5, 5.41) is 6.60.